The van der Waals surface area contributed by atoms with Gasteiger partial charge < -0.3 is 9.84 Å². The number of carboxylic acids is 1. The number of carbonyl (C=O) groups is 1. The van der Waals surface area contributed by atoms with Crippen LogP contribution in [0.15, 0.2) is 28.7 Å². The number of rotatable bonds is 5. The van der Waals surface area contributed by atoms with Crippen molar-refractivity contribution < 1.29 is 14.6 Å². The van der Waals surface area contributed by atoms with Crippen LogP contribution < -0.4 is 0 Å². The minimum absolute atomic E-state index is 0.399. The number of hydrogen-bond donors (Lipinski definition) is 1. The van der Waals surface area contributed by atoms with E-state index in [1.807, 2.05) is 24.3 Å². The standard InChI is InChI=1S/C11H13BrO3/c1-2-15-10(11(13)14)7-8-3-5-9(12)6-4-8/h3-6,10H,2,7H2,1H3,(H,13,14)/t10-/m0/s1. The SMILES string of the molecule is CCO[C@@H](Cc1ccc(Br)cc1)C(=O)O. The molecule has 0 aliphatic heterocycles. The summed E-state index contributed by atoms with van der Waals surface area (Å²) in [5, 5.41) is 8.89. The first-order valence-corrected chi connectivity index (χ1v) is 5.51. The molecule has 1 aromatic rings. The highest BCUT2D eigenvalue weighted by Crippen LogP contribution is 2.13. The maximum absolute atomic E-state index is 10.8. The Kier molecular flexibility index (Phi) is 4.78. The molecule has 1 rings (SSSR count). The Bertz CT molecular complexity index is 321. The van der Waals surface area contributed by atoms with E-state index in [4.69, 9.17) is 9.84 Å². The number of aliphatic carboxylic acids is 1. The van der Waals surface area contributed by atoms with Gasteiger partial charge in [-0.15, -0.1) is 0 Å². The van der Waals surface area contributed by atoms with Gasteiger partial charge >= 0.3 is 5.97 Å². The Morgan fingerprint density at radius 3 is 2.53 bits per heavy atom. The largest absolute Gasteiger partial charge is 0.479 e. The van der Waals surface area contributed by atoms with Crippen molar-refractivity contribution in [3.8, 4) is 0 Å². The molecule has 3 nitrogen and oxygen atoms in total. The van der Waals surface area contributed by atoms with Gasteiger partial charge in [-0.25, -0.2) is 4.79 Å². The molecule has 0 unspecified atom stereocenters. The van der Waals surface area contributed by atoms with Crippen molar-refractivity contribution in [3.63, 3.8) is 0 Å². The molecule has 1 aromatic carbocycles. The molecular weight excluding hydrogens is 260 g/mol. The average molecular weight is 273 g/mol. The summed E-state index contributed by atoms with van der Waals surface area (Å²) in [7, 11) is 0. The van der Waals surface area contributed by atoms with Gasteiger partial charge in [0.15, 0.2) is 6.10 Å². The second-order valence-electron chi connectivity index (χ2n) is 3.11. The van der Waals surface area contributed by atoms with Gasteiger partial charge in [-0.1, -0.05) is 28.1 Å². The second kappa shape index (κ2) is 5.88. The van der Waals surface area contributed by atoms with Crippen LogP contribution in [-0.4, -0.2) is 23.8 Å². The van der Waals surface area contributed by atoms with Crippen molar-refractivity contribution in [1.29, 1.82) is 0 Å². The normalized spacial score (nSPS) is 12.4. The number of benzene rings is 1. The van der Waals surface area contributed by atoms with E-state index in [0.29, 0.717) is 13.0 Å². The van der Waals surface area contributed by atoms with E-state index in [1.165, 1.54) is 0 Å². The van der Waals surface area contributed by atoms with Crippen LogP contribution in [0.4, 0.5) is 0 Å². The van der Waals surface area contributed by atoms with Gasteiger partial charge in [0.2, 0.25) is 0 Å². The maximum atomic E-state index is 10.8. The molecule has 0 radical (unpaired) electrons. The fourth-order valence-corrected chi connectivity index (χ4v) is 1.52. The van der Waals surface area contributed by atoms with Gasteiger partial charge in [0.25, 0.3) is 0 Å². The van der Waals surface area contributed by atoms with Crippen molar-refractivity contribution in [3.05, 3.63) is 34.3 Å². The highest BCUT2D eigenvalue weighted by atomic mass is 79.9. The summed E-state index contributed by atoms with van der Waals surface area (Å²) in [6, 6.07) is 7.55. The molecule has 0 bridgehead atoms. The maximum Gasteiger partial charge on any atom is 0.333 e. The van der Waals surface area contributed by atoms with E-state index in [2.05, 4.69) is 15.9 Å². The second-order valence-corrected chi connectivity index (χ2v) is 4.03. The number of ether oxygens (including phenoxy) is 1. The summed E-state index contributed by atoms with van der Waals surface area (Å²) in [6.45, 7) is 2.20. The van der Waals surface area contributed by atoms with E-state index < -0.39 is 12.1 Å². The predicted molar refractivity (Wildman–Crippen MR) is 60.9 cm³/mol. The number of carboxylic acid groups (broad SMARTS) is 1. The minimum atomic E-state index is -0.917. The first-order valence-electron chi connectivity index (χ1n) is 4.72. The molecule has 0 saturated carbocycles. The van der Waals surface area contributed by atoms with Gasteiger partial charge in [-0.2, -0.15) is 0 Å². The Hall–Kier alpha value is -0.870. The van der Waals surface area contributed by atoms with Crippen LogP contribution in [0.5, 0.6) is 0 Å². The molecule has 1 atom stereocenters. The molecule has 0 heterocycles. The Balaban J connectivity index is 2.65. The molecule has 4 heteroatoms. The topological polar surface area (TPSA) is 46.5 Å². The van der Waals surface area contributed by atoms with Crippen molar-refractivity contribution in [1.82, 2.24) is 0 Å². The van der Waals surface area contributed by atoms with E-state index in [0.717, 1.165) is 10.0 Å². The Morgan fingerprint density at radius 1 is 1.47 bits per heavy atom. The molecule has 15 heavy (non-hydrogen) atoms. The van der Waals surface area contributed by atoms with Crippen molar-refractivity contribution in [2.45, 2.75) is 19.4 Å². The quantitative estimate of drug-likeness (QED) is 0.896. The van der Waals surface area contributed by atoms with Crippen molar-refractivity contribution in [2.75, 3.05) is 6.61 Å². The lowest BCUT2D eigenvalue weighted by Gasteiger charge is -2.12. The van der Waals surface area contributed by atoms with Gasteiger partial charge in [0.1, 0.15) is 0 Å². The van der Waals surface area contributed by atoms with Crippen LogP contribution in [0.1, 0.15) is 12.5 Å². The summed E-state index contributed by atoms with van der Waals surface area (Å²) in [5.74, 6) is -0.917. The first kappa shape index (κ1) is 12.2. The third-order valence-corrected chi connectivity index (χ3v) is 2.51. The van der Waals surface area contributed by atoms with E-state index in [1.54, 1.807) is 6.92 Å². The van der Waals surface area contributed by atoms with Gasteiger partial charge in [-0.05, 0) is 24.6 Å². The van der Waals surface area contributed by atoms with E-state index in [-0.39, 0.29) is 0 Å². The molecule has 0 aliphatic rings. The molecule has 0 aliphatic carbocycles. The fraction of sp³-hybridized carbons (Fsp3) is 0.364. The molecule has 0 fully saturated rings. The summed E-state index contributed by atoms with van der Waals surface area (Å²) < 4.78 is 6.11. The lowest BCUT2D eigenvalue weighted by Crippen LogP contribution is -2.26. The lowest BCUT2D eigenvalue weighted by molar-refractivity contribution is -0.149. The Labute approximate surface area is 97.2 Å². The van der Waals surface area contributed by atoms with Crippen LogP contribution in [0.3, 0.4) is 0 Å². The highest BCUT2D eigenvalue weighted by molar-refractivity contribution is 9.10. The summed E-state index contributed by atoms with van der Waals surface area (Å²) in [4.78, 5) is 10.8. The zero-order valence-corrected chi connectivity index (χ0v) is 10.0. The van der Waals surface area contributed by atoms with Gasteiger partial charge in [-0.3, -0.25) is 0 Å². The fourth-order valence-electron chi connectivity index (χ4n) is 1.25. The van der Waals surface area contributed by atoms with Crippen molar-refractivity contribution >= 4 is 21.9 Å². The van der Waals surface area contributed by atoms with E-state index in [9.17, 15) is 4.79 Å². The van der Waals surface area contributed by atoms with E-state index >= 15 is 0 Å². The minimum Gasteiger partial charge on any atom is -0.479 e. The molecule has 0 aromatic heterocycles. The monoisotopic (exact) mass is 272 g/mol. The highest BCUT2D eigenvalue weighted by Gasteiger charge is 2.17. The number of halogens is 1. The summed E-state index contributed by atoms with van der Waals surface area (Å²) in [5.41, 5.74) is 0.957. The first-order chi connectivity index (χ1) is 7.13. The zero-order valence-electron chi connectivity index (χ0n) is 8.44. The van der Waals surface area contributed by atoms with Crippen LogP contribution in [0.2, 0.25) is 0 Å². The molecule has 82 valence electrons. The van der Waals surface area contributed by atoms with Crippen LogP contribution in [-0.2, 0) is 16.0 Å². The zero-order chi connectivity index (χ0) is 11.3. The summed E-state index contributed by atoms with van der Waals surface area (Å²) >= 11 is 3.32. The van der Waals surface area contributed by atoms with Crippen LogP contribution >= 0.6 is 15.9 Å². The third kappa shape index (κ3) is 4.01. The van der Waals surface area contributed by atoms with Gasteiger partial charge in [0, 0.05) is 17.5 Å². The smallest absolute Gasteiger partial charge is 0.333 e. The lowest BCUT2D eigenvalue weighted by atomic mass is 10.1. The summed E-state index contributed by atoms with van der Waals surface area (Å²) in [6.07, 6.45) is -0.354. The predicted octanol–water partition coefficient (Wildman–Crippen LogP) is 2.48. The molecule has 1 N–H and O–H groups in total. The van der Waals surface area contributed by atoms with Crippen LogP contribution in [0.25, 0.3) is 0 Å². The third-order valence-electron chi connectivity index (χ3n) is 1.98. The van der Waals surface area contributed by atoms with Crippen LogP contribution in [0, 0.1) is 0 Å². The molecule has 0 saturated heterocycles. The molecule has 0 spiro atoms. The molecule has 0 amide bonds. The molecular formula is C11H13BrO3. The average Bonchev–Trinajstić information content (AvgIpc) is 2.20. The van der Waals surface area contributed by atoms with Gasteiger partial charge in [0.05, 0.1) is 0 Å². The Morgan fingerprint density at radius 2 is 2.07 bits per heavy atom. The number of hydrogen-bond acceptors (Lipinski definition) is 2. The van der Waals surface area contributed by atoms with Crippen molar-refractivity contribution in [2.24, 2.45) is 0 Å².